The van der Waals surface area contributed by atoms with E-state index in [4.69, 9.17) is 0 Å². The molecular weight excluding hydrogens is 326 g/mol. The molecule has 0 aromatic heterocycles. The van der Waals surface area contributed by atoms with Crippen molar-refractivity contribution in [1.29, 1.82) is 0 Å². The second-order valence-corrected chi connectivity index (χ2v) is 7.41. The van der Waals surface area contributed by atoms with Gasteiger partial charge in [0.25, 0.3) is 0 Å². The van der Waals surface area contributed by atoms with E-state index < -0.39 is 6.04 Å². The Hall–Kier alpha value is -1.19. The van der Waals surface area contributed by atoms with Gasteiger partial charge >= 0.3 is 0 Å². The molecular formula is C22H41NO3. The van der Waals surface area contributed by atoms with E-state index in [1.165, 1.54) is 64.2 Å². The lowest BCUT2D eigenvalue weighted by Gasteiger charge is -2.05. The Labute approximate surface area is 161 Å². The molecule has 0 N–H and O–H groups in total. The topological polar surface area (TPSA) is 60.2 Å². The van der Waals surface area contributed by atoms with Gasteiger partial charge in [0.15, 0.2) is 0 Å². The molecule has 4 nitrogen and oxygen atoms in total. The summed E-state index contributed by atoms with van der Waals surface area (Å²) in [4.78, 5) is 21.1. The molecule has 0 heterocycles. The third-order valence-electron chi connectivity index (χ3n) is 4.93. The van der Waals surface area contributed by atoms with Crippen molar-refractivity contribution in [3.63, 3.8) is 0 Å². The number of aldehydes is 1. The molecule has 26 heavy (non-hydrogen) atoms. The van der Waals surface area contributed by atoms with E-state index in [2.05, 4.69) is 6.92 Å². The number of unbranched alkanes of at least 4 members (excludes halogenated alkanes) is 14. The predicted octanol–water partition coefficient (Wildman–Crippen LogP) is 7.04. The van der Waals surface area contributed by atoms with E-state index in [0.29, 0.717) is 6.42 Å². The summed E-state index contributed by atoms with van der Waals surface area (Å²) in [5, 5.41) is 11.1. The average Bonchev–Trinajstić information content (AvgIpc) is 2.63. The Morgan fingerprint density at radius 1 is 0.769 bits per heavy atom. The molecule has 0 bridgehead atoms. The molecule has 0 aliphatic rings. The molecule has 0 aromatic carbocycles. The first-order valence-corrected chi connectivity index (χ1v) is 11.0. The molecule has 152 valence electrons. The van der Waals surface area contributed by atoms with Crippen LogP contribution in [-0.4, -0.2) is 17.3 Å². The van der Waals surface area contributed by atoms with Gasteiger partial charge < -0.3 is 4.79 Å². The monoisotopic (exact) mass is 367 g/mol. The number of carbonyl (C=O) groups is 1. The van der Waals surface area contributed by atoms with Gasteiger partial charge in [-0.25, -0.2) is 0 Å². The zero-order chi connectivity index (χ0) is 19.3. The number of hydrogen-bond acceptors (Lipinski definition) is 3. The van der Waals surface area contributed by atoms with Crippen LogP contribution in [0.2, 0.25) is 0 Å². The number of nitrogens with zero attached hydrogens (tertiary/aromatic N) is 1. The number of nitro groups is 1. The third kappa shape index (κ3) is 17.6. The van der Waals surface area contributed by atoms with Crippen molar-refractivity contribution in [3.05, 3.63) is 22.3 Å². The summed E-state index contributed by atoms with van der Waals surface area (Å²) in [5.74, 6) is 0. The van der Waals surface area contributed by atoms with Gasteiger partial charge in [-0.3, -0.25) is 10.1 Å². The molecule has 0 aromatic rings. The fourth-order valence-corrected chi connectivity index (χ4v) is 3.21. The van der Waals surface area contributed by atoms with Gasteiger partial charge in [-0.15, -0.1) is 0 Å². The molecule has 0 saturated heterocycles. The molecule has 4 heteroatoms. The molecule has 0 spiro atoms. The number of rotatable bonds is 20. The first-order chi connectivity index (χ1) is 12.7. The standard InChI is InChI=1S/C22H41NO3/c1-2-3-4-16-19-22(23(25)26)20-17-14-12-10-8-6-5-7-9-11-13-15-18-21-24/h17,20-22H,2-16,18-19H2,1H3/b20-17+. The normalized spacial score (nSPS) is 12.5. The quantitative estimate of drug-likeness (QED) is 0.0762. The van der Waals surface area contributed by atoms with Crippen molar-refractivity contribution >= 4 is 6.29 Å². The average molecular weight is 368 g/mol. The van der Waals surface area contributed by atoms with E-state index in [9.17, 15) is 14.9 Å². The Morgan fingerprint density at radius 3 is 1.77 bits per heavy atom. The highest BCUT2D eigenvalue weighted by Gasteiger charge is 2.14. The van der Waals surface area contributed by atoms with Gasteiger partial charge in [0.1, 0.15) is 6.29 Å². The van der Waals surface area contributed by atoms with E-state index in [1.807, 2.05) is 12.2 Å². The van der Waals surface area contributed by atoms with Crippen molar-refractivity contribution in [1.82, 2.24) is 0 Å². The summed E-state index contributed by atoms with van der Waals surface area (Å²) in [5.41, 5.74) is 0. The van der Waals surface area contributed by atoms with Crippen LogP contribution < -0.4 is 0 Å². The van der Waals surface area contributed by atoms with Crippen LogP contribution in [0.15, 0.2) is 12.2 Å². The summed E-state index contributed by atoms with van der Waals surface area (Å²) in [6.45, 7) is 2.16. The fraction of sp³-hybridized carbons (Fsp3) is 0.864. The second kappa shape index (κ2) is 20.1. The molecule has 1 atom stereocenters. The van der Waals surface area contributed by atoms with Crippen LogP contribution in [0, 0.1) is 10.1 Å². The fourth-order valence-electron chi connectivity index (χ4n) is 3.21. The van der Waals surface area contributed by atoms with Crippen LogP contribution >= 0.6 is 0 Å². The zero-order valence-electron chi connectivity index (χ0n) is 17.0. The first kappa shape index (κ1) is 24.8. The highest BCUT2D eigenvalue weighted by molar-refractivity contribution is 5.48. The van der Waals surface area contributed by atoms with Crippen molar-refractivity contribution in [2.24, 2.45) is 0 Å². The molecule has 0 fully saturated rings. The van der Waals surface area contributed by atoms with Gasteiger partial charge in [-0.1, -0.05) is 83.6 Å². The van der Waals surface area contributed by atoms with Crippen LogP contribution in [0.5, 0.6) is 0 Å². The van der Waals surface area contributed by atoms with Crippen LogP contribution in [0.3, 0.4) is 0 Å². The molecule has 0 saturated carbocycles. The van der Waals surface area contributed by atoms with E-state index in [0.717, 1.165) is 44.8 Å². The van der Waals surface area contributed by atoms with Crippen molar-refractivity contribution < 1.29 is 9.72 Å². The van der Waals surface area contributed by atoms with Crippen LogP contribution in [0.4, 0.5) is 0 Å². The Bertz CT molecular complexity index is 355. The van der Waals surface area contributed by atoms with Crippen LogP contribution in [-0.2, 0) is 4.79 Å². The molecule has 0 amide bonds. The zero-order valence-corrected chi connectivity index (χ0v) is 17.0. The molecule has 0 rings (SSSR count). The van der Waals surface area contributed by atoms with Gasteiger partial charge in [0, 0.05) is 17.8 Å². The maximum Gasteiger partial charge on any atom is 0.231 e. The predicted molar refractivity (Wildman–Crippen MR) is 110 cm³/mol. The highest BCUT2D eigenvalue weighted by Crippen LogP contribution is 2.13. The van der Waals surface area contributed by atoms with Crippen molar-refractivity contribution in [3.8, 4) is 0 Å². The molecule has 0 aliphatic heterocycles. The van der Waals surface area contributed by atoms with Crippen molar-refractivity contribution in [2.75, 3.05) is 0 Å². The summed E-state index contributed by atoms with van der Waals surface area (Å²) >= 11 is 0. The SMILES string of the molecule is CCCCCCC(/C=C/CCCCCCCCCCCCC=O)[N+](=O)[O-]. The van der Waals surface area contributed by atoms with E-state index in [-0.39, 0.29) is 4.92 Å². The number of carbonyl (C=O) groups excluding carboxylic acids is 1. The summed E-state index contributed by atoms with van der Waals surface area (Å²) in [6, 6.07) is -0.488. The summed E-state index contributed by atoms with van der Waals surface area (Å²) in [6.07, 6.45) is 24.0. The lowest BCUT2D eigenvalue weighted by molar-refractivity contribution is -0.510. The lowest BCUT2D eigenvalue weighted by atomic mass is 10.0. The molecule has 1 unspecified atom stereocenters. The Kier molecular flexibility index (Phi) is 19.2. The number of hydrogen-bond donors (Lipinski definition) is 0. The Morgan fingerprint density at radius 2 is 1.27 bits per heavy atom. The first-order valence-electron chi connectivity index (χ1n) is 11.0. The second-order valence-electron chi connectivity index (χ2n) is 7.41. The van der Waals surface area contributed by atoms with Gasteiger partial charge in [-0.05, 0) is 31.8 Å². The summed E-state index contributed by atoms with van der Waals surface area (Å²) in [7, 11) is 0. The third-order valence-corrected chi connectivity index (χ3v) is 4.93. The van der Waals surface area contributed by atoms with Gasteiger partial charge in [0.05, 0.1) is 0 Å². The molecule has 0 aliphatic carbocycles. The Balaban J connectivity index is 3.46. The van der Waals surface area contributed by atoms with E-state index in [1.54, 1.807) is 0 Å². The maximum absolute atomic E-state index is 11.1. The van der Waals surface area contributed by atoms with Gasteiger partial charge in [0.2, 0.25) is 6.04 Å². The minimum atomic E-state index is -0.488. The smallest absolute Gasteiger partial charge is 0.231 e. The van der Waals surface area contributed by atoms with Crippen LogP contribution in [0.25, 0.3) is 0 Å². The van der Waals surface area contributed by atoms with E-state index >= 15 is 0 Å². The largest absolute Gasteiger partial charge is 0.303 e. The molecule has 0 radical (unpaired) electrons. The summed E-state index contributed by atoms with van der Waals surface area (Å²) < 4.78 is 0. The minimum Gasteiger partial charge on any atom is -0.303 e. The van der Waals surface area contributed by atoms with Crippen LogP contribution in [0.1, 0.15) is 116 Å². The van der Waals surface area contributed by atoms with Gasteiger partial charge in [-0.2, -0.15) is 0 Å². The lowest BCUT2D eigenvalue weighted by Crippen LogP contribution is -2.16. The highest BCUT2D eigenvalue weighted by atomic mass is 16.6. The van der Waals surface area contributed by atoms with Crippen molar-refractivity contribution in [2.45, 2.75) is 122 Å². The minimum absolute atomic E-state index is 0.137. The maximum atomic E-state index is 11.1. The number of allylic oxidation sites excluding steroid dienone is 1.